The van der Waals surface area contributed by atoms with E-state index < -0.39 is 71.6 Å². The fourth-order valence-corrected chi connectivity index (χ4v) is 8.56. The number of carbonyl (C=O) groups is 5. The number of carbonyl (C=O) groups excluding carboxylic acids is 5. The Bertz CT molecular complexity index is 1600. The third-order valence-electron chi connectivity index (χ3n) is 12.3. The Hall–Kier alpha value is -3.62. The molecule has 2 aliphatic rings. The summed E-state index contributed by atoms with van der Waals surface area (Å²) >= 11 is 0. The molecule has 0 radical (unpaired) electrons. The highest BCUT2D eigenvalue weighted by molar-refractivity contribution is 5.90. The van der Waals surface area contributed by atoms with E-state index in [9.17, 15) is 28.4 Å². The van der Waals surface area contributed by atoms with Gasteiger partial charge in [0.25, 0.3) is 0 Å². The monoisotopic (exact) mass is 832 g/mol. The van der Waals surface area contributed by atoms with Gasteiger partial charge in [0, 0.05) is 34.2 Å². The minimum absolute atomic E-state index is 0.0105. The second kappa shape index (κ2) is 21.3. The van der Waals surface area contributed by atoms with Crippen LogP contribution in [0.25, 0.3) is 0 Å². The molecule has 9 atom stereocenters. The van der Waals surface area contributed by atoms with Gasteiger partial charge < -0.3 is 40.0 Å². The Morgan fingerprint density at radius 3 is 2.03 bits per heavy atom. The van der Waals surface area contributed by atoms with Gasteiger partial charge in [-0.05, 0) is 81.9 Å². The number of hydrogen-bond acceptors (Lipinski definition) is 9. The summed E-state index contributed by atoms with van der Waals surface area (Å²) in [7, 11) is 6.50. The lowest BCUT2D eigenvalue weighted by atomic mass is 9.89. The summed E-state index contributed by atoms with van der Waals surface area (Å²) in [5.41, 5.74) is -0.659. The van der Waals surface area contributed by atoms with Crippen molar-refractivity contribution in [2.75, 3.05) is 34.9 Å². The van der Waals surface area contributed by atoms with Gasteiger partial charge in [-0.15, -0.1) is 0 Å². The maximum absolute atomic E-state index is 14.8. The van der Waals surface area contributed by atoms with Crippen LogP contribution in [0.4, 0.5) is 4.39 Å². The first-order valence-corrected chi connectivity index (χ1v) is 21.4. The van der Waals surface area contributed by atoms with Crippen LogP contribution in [0, 0.1) is 34.9 Å². The van der Waals surface area contributed by atoms with Crippen LogP contribution >= 0.6 is 0 Å². The van der Waals surface area contributed by atoms with Crippen LogP contribution in [0.3, 0.4) is 0 Å². The molecule has 2 fully saturated rings. The zero-order chi connectivity index (χ0) is 44.6. The summed E-state index contributed by atoms with van der Waals surface area (Å²) in [5.74, 6) is -3.43. The Morgan fingerprint density at radius 1 is 0.932 bits per heavy atom. The molecular weight excluding hydrogens is 758 g/mol. The van der Waals surface area contributed by atoms with E-state index >= 15 is 0 Å². The highest BCUT2D eigenvalue weighted by Gasteiger charge is 2.56. The summed E-state index contributed by atoms with van der Waals surface area (Å²) in [5, 5.41) is 8.86. The highest BCUT2D eigenvalue weighted by Crippen LogP contribution is 2.56. The topological polar surface area (TPSA) is 156 Å². The smallest absolute Gasteiger partial charge is 0.329 e. The van der Waals surface area contributed by atoms with Gasteiger partial charge in [0.1, 0.15) is 23.5 Å². The normalized spacial score (nSPS) is 20.3. The molecule has 3 N–H and O–H groups in total. The summed E-state index contributed by atoms with van der Waals surface area (Å²) in [4.78, 5) is 73.0. The van der Waals surface area contributed by atoms with Crippen molar-refractivity contribution in [2.45, 2.75) is 156 Å². The lowest BCUT2D eigenvalue weighted by Crippen LogP contribution is -2.59. The van der Waals surface area contributed by atoms with Crippen LogP contribution in [-0.2, 0) is 44.6 Å². The van der Waals surface area contributed by atoms with E-state index in [1.807, 2.05) is 46.4 Å². The average molecular weight is 832 g/mol. The maximum atomic E-state index is 14.8. The number of halogens is 1. The molecule has 1 saturated heterocycles. The number of benzene rings is 1. The fraction of sp³-hybridized carbons (Fsp3) is 0.756. The van der Waals surface area contributed by atoms with E-state index in [-0.39, 0.29) is 59.3 Å². The van der Waals surface area contributed by atoms with Crippen molar-refractivity contribution in [1.82, 2.24) is 25.8 Å². The van der Waals surface area contributed by atoms with E-state index in [1.165, 1.54) is 13.2 Å². The van der Waals surface area contributed by atoms with E-state index in [1.54, 1.807) is 72.0 Å². The zero-order valence-electron chi connectivity index (χ0n) is 38.1. The Kier molecular flexibility index (Phi) is 17.9. The molecule has 59 heavy (non-hydrogen) atoms. The third-order valence-corrected chi connectivity index (χ3v) is 12.3. The number of rotatable bonds is 21. The molecule has 5 unspecified atom stereocenters. The number of nitrogens with zero attached hydrogens (tertiary/aromatic N) is 2. The number of amides is 4. The lowest BCUT2D eigenvalue weighted by Gasteiger charge is -2.41. The highest BCUT2D eigenvalue weighted by atomic mass is 19.1. The first-order chi connectivity index (χ1) is 27.5. The van der Waals surface area contributed by atoms with E-state index in [0.717, 1.165) is 12.8 Å². The number of likely N-dealkylation sites (tertiary alicyclic amines) is 1. The van der Waals surface area contributed by atoms with E-state index in [0.29, 0.717) is 19.4 Å². The van der Waals surface area contributed by atoms with Crippen LogP contribution in [0.1, 0.15) is 107 Å². The lowest BCUT2D eigenvalue weighted by molar-refractivity contribution is -0.159. The molecule has 0 aromatic heterocycles. The Labute approximate surface area is 352 Å². The molecule has 1 heterocycles. The van der Waals surface area contributed by atoms with Gasteiger partial charge in [0.2, 0.25) is 23.6 Å². The SMILES string of the molecule is CCC(C)C(C(CC(=O)N1CC2(CC2)C[C@H]1C(OC)[C@@H](C)C(=O)N[C@@H](Cc1ccccc1F)C(=O)OC(C)(C)C)OC)N(C)C(=O)[C@@H](NC(=O)C(NC)C(C)C)C(C)C. The van der Waals surface area contributed by atoms with Crippen molar-refractivity contribution >= 4 is 29.6 Å². The molecule has 13 nitrogen and oxygen atoms in total. The Morgan fingerprint density at radius 2 is 1.54 bits per heavy atom. The predicted octanol–water partition coefficient (Wildman–Crippen LogP) is 4.89. The van der Waals surface area contributed by atoms with Gasteiger partial charge >= 0.3 is 5.97 Å². The Balaban J connectivity index is 1.87. The first kappa shape index (κ1) is 49.7. The number of nitrogens with one attached hydrogen (secondary N) is 3. The number of likely N-dealkylation sites (N-methyl/N-ethyl adjacent to an activating group) is 2. The van der Waals surface area contributed by atoms with E-state index in [4.69, 9.17) is 14.2 Å². The molecule has 14 heteroatoms. The molecule has 1 saturated carbocycles. The molecule has 1 aliphatic carbocycles. The number of hydrogen-bond donors (Lipinski definition) is 3. The van der Waals surface area contributed by atoms with Crippen molar-refractivity contribution in [3.63, 3.8) is 0 Å². The van der Waals surface area contributed by atoms with Crippen molar-refractivity contribution in [3.8, 4) is 0 Å². The molecule has 0 bridgehead atoms. The summed E-state index contributed by atoms with van der Waals surface area (Å²) in [6.45, 7) is 19.1. The third kappa shape index (κ3) is 12.9. The van der Waals surface area contributed by atoms with E-state index in [2.05, 4.69) is 16.0 Å². The molecule has 4 amide bonds. The van der Waals surface area contributed by atoms with Crippen molar-refractivity contribution in [2.24, 2.45) is 29.1 Å². The van der Waals surface area contributed by atoms with Gasteiger partial charge in [-0.3, -0.25) is 19.2 Å². The molecule has 3 rings (SSSR count). The van der Waals surface area contributed by atoms with Crippen LogP contribution in [0.15, 0.2) is 24.3 Å². The van der Waals surface area contributed by atoms with Crippen LogP contribution in [0.5, 0.6) is 0 Å². The number of esters is 1. The molecule has 1 aromatic carbocycles. The van der Waals surface area contributed by atoms with Crippen molar-refractivity contribution in [3.05, 3.63) is 35.6 Å². The minimum atomic E-state index is -1.17. The number of methoxy groups -OCH3 is 2. The first-order valence-electron chi connectivity index (χ1n) is 21.4. The van der Waals surface area contributed by atoms with Crippen molar-refractivity contribution in [1.29, 1.82) is 0 Å². The van der Waals surface area contributed by atoms with Crippen molar-refractivity contribution < 1.29 is 42.6 Å². The second-order valence-electron chi connectivity index (χ2n) is 18.7. The zero-order valence-corrected chi connectivity index (χ0v) is 38.1. The summed E-state index contributed by atoms with van der Waals surface area (Å²) in [6, 6.07) is 2.71. The predicted molar refractivity (Wildman–Crippen MR) is 226 cm³/mol. The minimum Gasteiger partial charge on any atom is -0.458 e. The van der Waals surface area contributed by atoms with Crippen LogP contribution < -0.4 is 16.0 Å². The van der Waals surface area contributed by atoms with Gasteiger partial charge in [-0.25, -0.2) is 9.18 Å². The molecule has 334 valence electrons. The fourth-order valence-electron chi connectivity index (χ4n) is 8.56. The average Bonchev–Trinajstić information content (AvgIpc) is 3.82. The van der Waals surface area contributed by atoms with Crippen LogP contribution in [-0.4, -0.2) is 122 Å². The van der Waals surface area contributed by atoms with Gasteiger partial charge in [0.15, 0.2) is 0 Å². The summed E-state index contributed by atoms with van der Waals surface area (Å²) < 4.78 is 32.5. The van der Waals surface area contributed by atoms with Gasteiger partial charge in [-0.2, -0.15) is 0 Å². The second-order valence-corrected chi connectivity index (χ2v) is 18.7. The quantitative estimate of drug-likeness (QED) is 0.147. The molecule has 1 aliphatic heterocycles. The van der Waals surface area contributed by atoms with Crippen LogP contribution in [0.2, 0.25) is 0 Å². The molecular formula is C45H74FN5O8. The maximum Gasteiger partial charge on any atom is 0.329 e. The molecule has 1 spiro atoms. The van der Waals surface area contributed by atoms with Gasteiger partial charge in [-0.1, -0.05) is 73.1 Å². The van der Waals surface area contributed by atoms with Gasteiger partial charge in [0.05, 0.1) is 42.7 Å². The largest absolute Gasteiger partial charge is 0.458 e. The summed E-state index contributed by atoms with van der Waals surface area (Å²) in [6.07, 6.45) is 1.70. The number of ether oxygens (including phenoxy) is 3. The molecule has 1 aromatic rings. The standard InChI is InChI=1S/C45H74FN5O8/c1-15-28(6)38(50(12)42(55)37(27(4)5)49-41(54)36(47-11)26(2)3)34(57-13)23-35(52)51-25-45(20-21-45)24-33(51)39(58-14)29(7)40(53)48-32(43(56)59-44(8,9)10)22-30-18-16-17-19-31(30)46/h16-19,26-29,32-34,36-39,47H,15,20-25H2,1-14H3,(H,48,53)(H,49,54)/t28?,29-,32+,33+,34?,36?,37+,38?,39?/m1/s1.